The molecule has 3 nitrogen and oxygen atoms in total. The second-order valence-corrected chi connectivity index (χ2v) is 7.38. The van der Waals surface area contributed by atoms with Crippen LogP contribution in [0.3, 0.4) is 0 Å². The molecule has 1 N–H and O–H groups in total. The number of halogens is 3. The van der Waals surface area contributed by atoms with E-state index in [1.54, 1.807) is 0 Å². The lowest BCUT2D eigenvalue weighted by Gasteiger charge is -2.36. The van der Waals surface area contributed by atoms with Crippen molar-refractivity contribution >= 4 is 0 Å². The Balaban J connectivity index is 1.83. The predicted molar refractivity (Wildman–Crippen MR) is 105 cm³/mol. The van der Waals surface area contributed by atoms with E-state index in [0.717, 1.165) is 22.4 Å². The Morgan fingerprint density at radius 1 is 1.04 bits per heavy atom. The van der Waals surface area contributed by atoms with Gasteiger partial charge in [0.25, 0.3) is 0 Å². The normalized spacial score (nSPS) is 16.8. The van der Waals surface area contributed by atoms with Crippen LogP contribution in [0.4, 0.5) is 13.2 Å². The molecule has 1 aliphatic heterocycles. The minimum atomic E-state index is -4.21. The van der Waals surface area contributed by atoms with Crippen LogP contribution in [-0.4, -0.2) is 37.3 Å². The fourth-order valence-electron chi connectivity index (χ4n) is 3.80. The van der Waals surface area contributed by atoms with Gasteiger partial charge < -0.3 is 10.1 Å². The van der Waals surface area contributed by atoms with Crippen LogP contribution in [0.15, 0.2) is 42.5 Å². The van der Waals surface area contributed by atoms with E-state index < -0.39 is 18.6 Å². The Bertz CT molecular complexity index is 748. The molecule has 2 aromatic rings. The Kier molecular flexibility index (Phi) is 6.62. The van der Waals surface area contributed by atoms with E-state index in [1.165, 1.54) is 0 Å². The first-order valence-corrected chi connectivity index (χ1v) is 9.63. The van der Waals surface area contributed by atoms with E-state index in [4.69, 9.17) is 4.74 Å². The summed E-state index contributed by atoms with van der Waals surface area (Å²) in [6.07, 6.45) is -5.05. The molecule has 0 spiro atoms. The zero-order valence-electron chi connectivity index (χ0n) is 16.4. The molecule has 0 aliphatic carbocycles. The number of aryl methyl sites for hydroxylation is 2. The van der Waals surface area contributed by atoms with E-state index >= 15 is 0 Å². The van der Waals surface area contributed by atoms with Crippen LogP contribution in [-0.2, 0) is 6.61 Å². The van der Waals surface area contributed by atoms with Crippen molar-refractivity contribution in [3.8, 4) is 5.75 Å². The zero-order valence-corrected chi connectivity index (χ0v) is 16.4. The molecule has 1 heterocycles. The Labute approximate surface area is 164 Å². The number of alkyl halides is 3. The molecule has 0 unspecified atom stereocenters. The first-order valence-electron chi connectivity index (χ1n) is 9.63. The molecule has 2 aromatic carbocycles. The van der Waals surface area contributed by atoms with Crippen molar-refractivity contribution < 1.29 is 17.9 Å². The van der Waals surface area contributed by atoms with Crippen LogP contribution in [0.25, 0.3) is 0 Å². The highest BCUT2D eigenvalue weighted by Crippen LogP contribution is 2.37. The van der Waals surface area contributed by atoms with Gasteiger partial charge in [0, 0.05) is 32.2 Å². The van der Waals surface area contributed by atoms with Gasteiger partial charge in [0.1, 0.15) is 12.4 Å². The van der Waals surface area contributed by atoms with Gasteiger partial charge in [-0.3, -0.25) is 4.90 Å². The molecule has 0 bridgehead atoms. The SMILES string of the molecule is Cc1cc([C@H](CC(F)(F)F)N2CCNCC2)cc(C)c1OCc1ccccc1. The van der Waals surface area contributed by atoms with Crippen molar-refractivity contribution in [2.75, 3.05) is 26.2 Å². The standard InChI is InChI=1S/C22H27F3N2O/c1-16-12-19(20(14-22(23,24)25)27-10-8-26-9-11-27)13-17(2)21(16)28-15-18-6-4-3-5-7-18/h3-7,12-13,20,26H,8-11,14-15H2,1-2H3/t20-/m0/s1. The maximum Gasteiger partial charge on any atom is 0.390 e. The summed E-state index contributed by atoms with van der Waals surface area (Å²) in [6, 6.07) is 12.9. The highest BCUT2D eigenvalue weighted by Gasteiger charge is 2.36. The topological polar surface area (TPSA) is 24.5 Å². The van der Waals surface area contributed by atoms with E-state index in [0.29, 0.717) is 38.3 Å². The molecule has 0 aromatic heterocycles. The molecular formula is C22H27F3N2O. The molecule has 3 rings (SSSR count). The quantitative estimate of drug-likeness (QED) is 0.766. The van der Waals surface area contributed by atoms with E-state index in [9.17, 15) is 13.2 Å². The predicted octanol–water partition coefficient (Wildman–Crippen LogP) is 4.78. The number of benzene rings is 2. The molecule has 28 heavy (non-hydrogen) atoms. The molecule has 0 radical (unpaired) electrons. The van der Waals surface area contributed by atoms with Crippen molar-refractivity contribution in [2.24, 2.45) is 0 Å². The lowest BCUT2D eigenvalue weighted by Crippen LogP contribution is -2.46. The second kappa shape index (κ2) is 8.97. The number of nitrogens with one attached hydrogen (secondary N) is 1. The molecule has 1 aliphatic rings. The summed E-state index contributed by atoms with van der Waals surface area (Å²) in [5.41, 5.74) is 3.50. The molecule has 1 saturated heterocycles. The summed E-state index contributed by atoms with van der Waals surface area (Å²) in [4.78, 5) is 1.93. The Morgan fingerprint density at radius 3 is 2.21 bits per heavy atom. The summed E-state index contributed by atoms with van der Waals surface area (Å²) >= 11 is 0. The highest BCUT2D eigenvalue weighted by atomic mass is 19.4. The molecular weight excluding hydrogens is 365 g/mol. The van der Waals surface area contributed by atoms with Crippen molar-refractivity contribution in [1.82, 2.24) is 10.2 Å². The first kappa shape index (κ1) is 20.7. The van der Waals surface area contributed by atoms with Crippen LogP contribution in [0.5, 0.6) is 5.75 Å². The van der Waals surface area contributed by atoms with Gasteiger partial charge in [-0.15, -0.1) is 0 Å². The van der Waals surface area contributed by atoms with Gasteiger partial charge in [0.15, 0.2) is 0 Å². The maximum atomic E-state index is 13.3. The summed E-state index contributed by atoms with van der Waals surface area (Å²) < 4.78 is 45.8. The molecule has 0 saturated carbocycles. The number of hydrogen-bond acceptors (Lipinski definition) is 3. The smallest absolute Gasteiger partial charge is 0.390 e. The monoisotopic (exact) mass is 392 g/mol. The van der Waals surface area contributed by atoms with E-state index in [-0.39, 0.29) is 0 Å². The third kappa shape index (κ3) is 5.49. The van der Waals surface area contributed by atoms with Crippen molar-refractivity contribution in [3.63, 3.8) is 0 Å². The fourth-order valence-corrected chi connectivity index (χ4v) is 3.80. The van der Waals surface area contributed by atoms with Crippen molar-refractivity contribution in [3.05, 3.63) is 64.7 Å². The van der Waals surface area contributed by atoms with Gasteiger partial charge in [-0.25, -0.2) is 0 Å². The van der Waals surface area contributed by atoms with Crippen LogP contribution >= 0.6 is 0 Å². The molecule has 1 atom stereocenters. The van der Waals surface area contributed by atoms with Crippen LogP contribution < -0.4 is 10.1 Å². The third-order valence-electron chi connectivity index (χ3n) is 5.11. The van der Waals surface area contributed by atoms with Gasteiger partial charge in [-0.1, -0.05) is 42.5 Å². The summed E-state index contributed by atoms with van der Waals surface area (Å²) in [7, 11) is 0. The van der Waals surface area contributed by atoms with Crippen LogP contribution in [0.2, 0.25) is 0 Å². The number of ether oxygens (including phenoxy) is 1. The molecule has 152 valence electrons. The van der Waals surface area contributed by atoms with Gasteiger partial charge >= 0.3 is 6.18 Å². The molecule has 0 amide bonds. The average molecular weight is 392 g/mol. The largest absolute Gasteiger partial charge is 0.488 e. The van der Waals surface area contributed by atoms with Crippen LogP contribution in [0.1, 0.15) is 34.7 Å². The Hall–Kier alpha value is -2.05. The zero-order chi connectivity index (χ0) is 20.1. The number of nitrogens with zero attached hydrogens (tertiary/aromatic N) is 1. The van der Waals surface area contributed by atoms with Crippen LogP contribution in [0, 0.1) is 13.8 Å². The molecule has 1 fully saturated rings. The maximum absolute atomic E-state index is 13.3. The number of piperazine rings is 1. The van der Waals surface area contributed by atoms with Gasteiger partial charge in [0.2, 0.25) is 0 Å². The fraction of sp³-hybridized carbons (Fsp3) is 0.455. The van der Waals surface area contributed by atoms with Gasteiger partial charge in [-0.2, -0.15) is 13.2 Å². The van der Waals surface area contributed by atoms with E-state index in [2.05, 4.69) is 5.32 Å². The minimum absolute atomic E-state index is 0.436. The summed E-state index contributed by atoms with van der Waals surface area (Å²) in [6.45, 7) is 6.90. The lowest BCUT2D eigenvalue weighted by molar-refractivity contribution is -0.148. The number of rotatable bonds is 6. The molecule has 6 heteroatoms. The lowest BCUT2D eigenvalue weighted by atomic mass is 9.96. The number of hydrogen-bond donors (Lipinski definition) is 1. The second-order valence-electron chi connectivity index (χ2n) is 7.38. The first-order chi connectivity index (χ1) is 13.3. The average Bonchev–Trinajstić information content (AvgIpc) is 2.66. The van der Waals surface area contributed by atoms with Crippen molar-refractivity contribution in [2.45, 2.75) is 39.1 Å². The van der Waals surface area contributed by atoms with Crippen molar-refractivity contribution in [1.29, 1.82) is 0 Å². The minimum Gasteiger partial charge on any atom is -0.488 e. The highest BCUT2D eigenvalue weighted by molar-refractivity contribution is 5.44. The summed E-state index contributed by atoms with van der Waals surface area (Å²) in [5.74, 6) is 0.749. The van der Waals surface area contributed by atoms with Gasteiger partial charge in [-0.05, 0) is 36.1 Å². The summed E-state index contributed by atoms with van der Waals surface area (Å²) in [5, 5.41) is 3.21. The Morgan fingerprint density at radius 2 is 1.64 bits per heavy atom. The third-order valence-corrected chi connectivity index (χ3v) is 5.11. The van der Waals surface area contributed by atoms with E-state index in [1.807, 2.05) is 61.2 Å². The van der Waals surface area contributed by atoms with Gasteiger partial charge in [0.05, 0.1) is 6.42 Å².